The molecule has 21 heavy (non-hydrogen) atoms. The Kier molecular flexibility index (Phi) is 3.09. The Balaban J connectivity index is 1.58. The first-order valence-corrected chi connectivity index (χ1v) is 10.3. The number of hydrogen-bond donors (Lipinski definition) is 0. The van der Waals surface area contributed by atoms with Crippen molar-refractivity contribution in [3.8, 4) is 0 Å². The van der Waals surface area contributed by atoms with E-state index in [2.05, 4.69) is 0 Å². The van der Waals surface area contributed by atoms with Gasteiger partial charge in [0.25, 0.3) is 0 Å². The quantitative estimate of drug-likeness (QED) is 0.854. The van der Waals surface area contributed by atoms with E-state index >= 15 is 0 Å². The molecule has 0 aromatic carbocycles. The average Bonchev–Trinajstić information content (AvgIpc) is 2.90. The molecule has 0 N–H and O–H groups in total. The monoisotopic (exact) mass is 324 g/mol. The number of carbonyl (C=O) groups is 1. The molecule has 4 saturated carbocycles. The second-order valence-electron chi connectivity index (χ2n) is 7.31. The van der Waals surface area contributed by atoms with Gasteiger partial charge in [-0.1, -0.05) is 6.07 Å². The van der Waals surface area contributed by atoms with Crippen LogP contribution in [0.1, 0.15) is 38.5 Å². The Morgan fingerprint density at radius 2 is 1.71 bits per heavy atom. The fourth-order valence-electron chi connectivity index (χ4n) is 5.29. The van der Waals surface area contributed by atoms with Crippen LogP contribution in [0.5, 0.6) is 0 Å². The van der Waals surface area contributed by atoms with Gasteiger partial charge < -0.3 is 0 Å². The fourth-order valence-corrected chi connectivity index (χ4v) is 7.75. The van der Waals surface area contributed by atoms with Crippen LogP contribution in [-0.4, -0.2) is 20.0 Å². The summed E-state index contributed by atoms with van der Waals surface area (Å²) in [5.74, 6) is 1.72. The normalized spacial score (nSPS) is 37.8. The van der Waals surface area contributed by atoms with Crippen LogP contribution in [0.25, 0.3) is 0 Å². The summed E-state index contributed by atoms with van der Waals surface area (Å²) < 4.78 is 25.1. The van der Waals surface area contributed by atoms with Gasteiger partial charge in [0, 0.05) is 5.41 Å². The molecule has 4 aliphatic carbocycles. The molecule has 0 amide bonds. The number of thiophene rings is 1. The Morgan fingerprint density at radius 1 is 1.14 bits per heavy atom. The molecule has 1 aromatic rings. The summed E-state index contributed by atoms with van der Waals surface area (Å²) in [6, 6.07) is 3.33. The highest BCUT2D eigenvalue weighted by atomic mass is 32.2. The topological polar surface area (TPSA) is 51.2 Å². The van der Waals surface area contributed by atoms with Gasteiger partial charge >= 0.3 is 0 Å². The minimum atomic E-state index is -3.44. The zero-order chi connectivity index (χ0) is 14.7. The lowest BCUT2D eigenvalue weighted by Crippen LogP contribution is -2.51. The molecule has 0 aliphatic heterocycles. The lowest BCUT2D eigenvalue weighted by atomic mass is 9.48. The minimum Gasteiger partial charge on any atom is -0.298 e. The third-order valence-corrected chi connectivity index (χ3v) is 8.86. The van der Waals surface area contributed by atoms with Crippen LogP contribution >= 0.6 is 11.3 Å². The van der Waals surface area contributed by atoms with E-state index in [9.17, 15) is 13.2 Å². The molecule has 0 saturated heterocycles. The standard InChI is InChI=1S/C16H20O3S2/c17-14(10-21(18,19)15-2-1-3-20-15)16-7-11-4-12(8-16)6-13(5-11)9-16/h1-3,11-13H,4-10H2. The highest BCUT2D eigenvalue weighted by Crippen LogP contribution is 2.60. The van der Waals surface area contributed by atoms with Crippen LogP contribution in [0.15, 0.2) is 21.7 Å². The molecular weight excluding hydrogens is 304 g/mol. The average molecular weight is 324 g/mol. The number of sulfone groups is 1. The predicted octanol–water partition coefficient (Wildman–Crippen LogP) is 3.31. The van der Waals surface area contributed by atoms with Crippen LogP contribution in [0.4, 0.5) is 0 Å². The van der Waals surface area contributed by atoms with E-state index in [1.54, 1.807) is 17.5 Å². The van der Waals surface area contributed by atoms with Crippen molar-refractivity contribution in [2.45, 2.75) is 42.7 Å². The second kappa shape index (κ2) is 4.66. The first-order valence-electron chi connectivity index (χ1n) is 7.76. The van der Waals surface area contributed by atoms with Crippen molar-refractivity contribution in [1.29, 1.82) is 0 Å². The highest BCUT2D eigenvalue weighted by molar-refractivity contribution is 7.94. The molecule has 0 radical (unpaired) electrons. The zero-order valence-electron chi connectivity index (χ0n) is 12.0. The van der Waals surface area contributed by atoms with E-state index in [0.717, 1.165) is 19.3 Å². The molecule has 4 fully saturated rings. The lowest BCUT2D eigenvalue weighted by molar-refractivity contribution is -0.141. The summed E-state index contributed by atoms with van der Waals surface area (Å²) in [7, 11) is -3.44. The third-order valence-electron chi connectivity index (χ3n) is 5.75. The molecule has 1 aromatic heterocycles. The first-order chi connectivity index (χ1) is 9.97. The number of ketones is 1. The van der Waals surface area contributed by atoms with Crippen LogP contribution in [0, 0.1) is 23.2 Å². The van der Waals surface area contributed by atoms with E-state index in [-0.39, 0.29) is 17.0 Å². The third kappa shape index (κ3) is 2.29. The van der Waals surface area contributed by atoms with E-state index in [4.69, 9.17) is 0 Å². The molecule has 4 bridgehead atoms. The number of rotatable bonds is 4. The maximum absolute atomic E-state index is 12.8. The van der Waals surface area contributed by atoms with Gasteiger partial charge in [-0.05, 0) is 67.7 Å². The van der Waals surface area contributed by atoms with Crippen molar-refractivity contribution in [2.75, 3.05) is 5.75 Å². The molecule has 0 spiro atoms. The van der Waals surface area contributed by atoms with Gasteiger partial charge in [-0.3, -0.25) is 4.79 Å². The Hall–Kier alpha value is -0.680. The van der Waals surface area contributed by atoms with Crippen molar-refractivity contribution in [2.24, 2.45) is 23.2 Å². The summed E-state index contributed by atoms with van der Waals surface area (Å²) in [6.07, 6.45) is 6.63. The van der Waals surface area contributed by atoms with Gasteiger partial charge in [-0.2, -0.15) is 0 Å². The molecule has 0 atom stereocenters. The Morgan fingerprint density at radius 3 is 2.19 bits per heavy atom. The van der Waals surface area contributed by atoms with Crippen molar-refractivity contribution < 1.29 is 13.2 Å². The van der Waals surface area contributed by atoms with E-state index < -0.39 is 9.84 Å². The van der Waals surface area contributed by atoms with Gasteiger partial charge in [0.15, 0.2) is 15.6 Å². The molecule has 4 aliphatic rings. The van der Waals surface area contributed by atoms with Gasteiger partial charge in [-0.15, -0.1) is 11.3 Å². The van der Waals surface area contributed by atoms with Crippen molar-refractivity contribution in [1.82, 2.24) is 0 Å². The lowest BCUT2D eigenvalue weighted by Gasteiger charge is -2.55. The van der Waals surface area contributed by atoms with Gasteiger partial charge in [0.2, 0.25) is 0 Å². The van der Waals surface area contributed by atoms with E-state index in [0.29, 0.717) is 22.0 Å². The predicted molar refractivity (Wildman–Crippen MR) is 82.0 cm³/mol. The van der Waals surface area contributed by atoms with E-state index in [1.165, 1.54) is 30.6 Å². The number of carbonyl (C=O) groups excluding carboxylic acids is 1. The minimum absolute atomic E-state index is 0.00463. The zero-order valence-corrected chi connectivity index (χ0v) is 13.6. The largest absolute Gasteiger partial charge is 0.298 e. The summed E-state index contributed by atoms with van der Waals surface area (Å²) in [5, 5.41) is 1.75. The van der Waals surface area contributed by atoms with Crippen molar-refractivity contribution >= 4 is 27.0 Å². The Bertz CT molecular complexity index is 622. The van der Waals surface area contributed by atoms with Gasteiger partial charge in [0.1, 0.15) is 9.96 Å². The van der Waals surface area contributed by atoms with Crippen LogP contribution in [0.3, 0.4) is 0 Å². The summed E-state index contributed by atoms with van der Waals surface area (Å²) in [5.41, 5.74) is -0.306. The molecule has 5 heteroatoms. The van der Waals surface area contributed by atoms with Crippen molar-refractivity contribution in [3.63, 3.8) is 0 Å². The summed E-state index contributed by atoms with van der Waals surface area (Å²) in [4.78, 5) is 12.8. The summed E-state index contributed by atoms with van der Waals surface area (Å²) in [6.45, 7) is 0. The van der Waals surface area contributed by atoms with Crippen LogP contribution in [-0.2, 0) is 14.6 Å². The van der Waals surface area contributed by atoms with Gasteiger partial charge in [-0.25, -0.2) is 8.42 Å². The summed E-state index contributed by atoms with van der Waals surface area (Å²) >= 11 is 1.21. The smallest absolute Gasteiger partial charge is 0.194 e. The first kappa shape index (κ1) is 13.9. The molecular formula is C16H20O3S2. The van der Waals surface area contributed by atoms with E-state index in [1.807, 2.05) is 0 Å². The number of hydrogen-bond acceptors (Lipinski definition) is 4. The van der Waals surface area contributed by atoms with Crippen LogP contribution in [0.2, 0.25) is 0 Å². The maximum atomic E-state index is 12.8. The maximum Gasteiger partial charge on any atom is 0.194 e. The molecule has 3 nitrogen and oxygen atoms in total. The SMILES string of the molecule is O=C(CS(=O)(=O)c1cccs1)C12CC3CC(CC(C3)C1)C2. The van der Waals surface area contributed by atoms with Crippen molar-refractivity contribution in [3.05, 3.63) is 17.5 Å². The van der Waals surface area contributed by atoms with Gasteiger partial charge in [0.05, 0.1) is 0 Å². The highest BCUT2D eigenvalue weighted by Gasteiger charge is 2.54. The fraction of sp³-hybridized carbons (Fsp3) is 0.688. The molecule has 114 valence electrons. The molecule has 0 unspecified atom stereocenters. The number of Topliss-reactive ketones (excluding diaryl/α,β-unsaturated/α-hetero) is 1. The Labute approximate surface area is 129 Å². The van der Waals surface area contributed by atoms with Crippen LogP contribution < -0.4 is 0 Å². The molecule has 5 rings (SSSR count). The molecule has 1 heterocycles. The second-order valence-corrected chi connectivity index (χ2v) is 10.5.